The summed E-state index contributed by atoms with van der Waals surface area (Å²) >= 11 is 0. The predicted octanol–water partition coefficient (Wildman–Crippen LogP) is 4.68. The Balaban J connectivity index is 2.01. The van der Waals surface area contributed by atoms with Crippen molar-refractivity contribution in [3.8, 4) is 0 Å². The lowest BCUT2D eigenvalue weighted by Crippen LogP contribution is -2.40. The van der Waals surface area contributed by atoms with Gasteiger partial charge < -0.3 is 5.32 Å². The maximum Gasteiger partial charge on any atom is 0.0307 e. The van der Waals surface area contributed by atoms with E-state index < -0.39 is 0 Å². The standard InChI is InChI=1S/C17H31N/c1-3-14-9-8-12-16(13-14)17(18-4-2)15-10-6-5-7-11-15/h10,14,16-18H,3-9,11-13H2,1-2H3. The van der Waals surface area contributed by atoms with Crippen LogP contribution < -0.4 is 5.32 Å². The van der Waals surface area contributed by atoms with Crippen molar-refractivity contribution >= 4 is 0 Å². The summed E-state index contributed by atoms with van der Waals surface area (Å²) in [5.41, 5.74) is 1.74. The fourth-order valence-corrected chi connectivity index (χ4v) is 3.97. The van der Waals surface area contributed by atoms with Crippen LogP contribution in [-0.4, -0.2) is 12.6 Å². The van der Waals surface area contributed by atoms with Gasteiger partial charge in [0.25, 0.3) is 0 Å². The van der Waals surface area contributed by atoms with Crippen LogP contribution in [0.3, 0.4) is 0 Å². The van der Waals surface area contributed by atoms with Gasteiger partial charge in [-0.25, -0.2) is 0 Å². The minimum absolute atomic E-state index is 0.699. The van der Waals surface area contributed by atoms with Crippen molar-refractivity contribution in [2.24, 2.45) is 11.8 Å². The molecule has 2 aliphatic carbocycles. The number of likely N-dealkylation sites (N-methyl/N-ethyl adjacent to an activating group) is 1. The van der Waals surface area contributed by atoms with E-state index in [9.17, 15) is 0 Å². The van der Waals surface area contributed by atoms with Crippen LogP contribution in [0, 0.1) is 11.8 Å². The topological polar surface area (TPSA) is 12.0 Å². The van der Waals surface area contributed by atoms with Crippen LogP contribution >= 0.6 is 0 Å². The van der Waals surface area contributed by atoms with Crippen LogP contribution in [0.5, 0.6) is 0 Å². The van der Waals surface area contributed by atoms with E-state index in [1.54, 1.807) is 5.57 Å². The molecule has 0 bridgehead atoms. The SMILES string of the molecule is CCNC(C1=CCCCC1)C1CCCC(CC)C1. The van der Waals surface area contributed by atoms with Gasteiger partial charge in [-0.05, 0) is 56.9 Å². The Kier molecular flexibility index (Phi) is 5.75. The van der Waals surface area contributed by atoms with Gasteiger partial charge in [0.1, 0.15) is 0 Å². The second-order valence-electron chi connectivity index (χ2n) is 6.26. The molecule has 0 spiro atoms. The fourth-order valence-electron chi connectivity index (χ4n) is 3.97. The molecule has 1 saturated carbocycles. The van der Waals surface area contributed by atoms with Gasteiger partial charge >= 0.3 is 0 Å². The van der Waals surface area contributed by atoms with Crippen LogP contribution in [0.2, 0.25) is 0 Å². The third kappa shape index (κ3) is 3.60. The lowest BCUT2D eigenvalue weighted by Gasteiger charge is -2.37. The first-order valence-corrected chi connectivity index (χ1v) is 8.27. The van der Waals surface area contributed by atoms with E-state index in [0.717, 1.165) is 18.4 Å². The largest absolute Gasteiger partial charge is 0.310 e. The fraction of sp³-hybridized carbons (Fsp3) is 0.882. The molecule has 0 aromatic heterocycles. The number of hydrogen-bond acceptors (Lipinski definition) is 1. The van der Waals surface area contributed by atoms with Crippen molar-refractivity contribution in [3.63, 3.8) is 0 Å². The normalized spacial score (nSPS) is 30.9. The highest BCUT2D eigenvalue weighted by Gasteiger charge is 2.29. The van der Waals surface area contributed by atoms with E-state index in [1.807, 2.05) is 0 Å². The van der Waals surface area contributed by atoms with Gasteiger partial charge in [0, 0.05) is 6.04 Å². The summed E-state index contributed by atoms with van der Waals surface area (Å²) in [6, 6.07) is 0.699. The third-order valence-corrected chi connectivity index (χ3v) is 5.02. The smallest absolute Gasteiger partial charge is 0.0307 e. The molecule has 0 saturated heterocycles. The predicted molar refractivity (Wildman–Crippen MR) is 79.8 cm³/mol. The van der Waals surface area contributed by atoms with Crippen LogP contribution in [0.1, 0.15) is 71.6 Å². The minimum Gasteiger partial charge on any atom is -0.310 e. The van der Waals surface area contributed by atoms with Crippen molar-refractivity contribution in [1.29, 1.82) is 0 Å². The third-order valence-electron chi connectivity index (χ3n) is 5.02. The number of rotatable bonds is 5. The Bertz CT molecular complexity index is 269. The molecule has 104 valence electrons. The first kappa shape index (κ1) is 14.1. The van der Waals surface area contributed by atoms with Crippen LogP contribution in [-0.2, 0) is 0 Å². The molecule has 1 fully saturated rings. The molecule has 0 amide bonds. The van der Waals surface area contributed by atoms with Gasteiger partial charge in [0.15, 0.2) is 0 Å². The molecule has 0 aromatic rings. The molecule has 0 radical (unpaired) electrons. The Morgan fingerprint density at radius 3 is 2.78 bits per heavy atom. The van der Waals surface area contributed by atoms with E-state index in [1.165, 1.54) is 57.8 Å². The molecule has 1 N–H and O–H groups in total. The quantitative estimate of drug-likeness (QED) is 0.698. The van der Waals surface area contributed by atoms with Crippen molar-refractivity contribution in [1.82, 2.24) is 5.32 Å². The monoisotopic (exact) mass is 249 g/mol. The molecule has 0 aliphatic heterocycles. The summed E-state index contributed by atoms with van der Waals surface area (Å²) in [6.07, 6.45) is 15.3. The molecule has 18 heavy (non-hydrogen) atoms. The Hall–Kier alpha value is -0.300. The van der Waals surface area contributed by atoms with Gasteiger partial charge in [-0.3, -0.25) is 0 Å². The zero-order valence-corrected chi connectivity index (χ0v) is 12.4. The summed E-state index contributed by atoms with van der Waals surface area (Å²) < 4.78 is 0. The molecule has 3 unspecified atom stereocenters. The highest BCUT2D eigenvalue weighted by Crippen LogP contribution is 2.36. The Labute approximate surface area is 113 Å². The van der Waals surface area contributed by atoms with E-state index in [2.05, 4.69) is 25.2 Å². The summed E-state index contributed by atoms with van der Waals surface area (Å²) in [5.74, 6) is 1.90. The van der Waals surface area contributed by atoms with E-state index in [4.69, 9.17) is 0 Å². The zero-order chi connectivity index (χ0) is 12.8. The molecule has 0 heterocycles. The highest BCUT2D eigenvalue weighted by molar-refractivity contribution is 5.15. The van der Waals surface area contributed by atoms with Crippen molar-refractivity contribution in [2.75, 3.05) is 6.54 Å². The first-order chi connectivity index (χ1) is 8.85. The maximum absolute atomic E-state index is 3.80. The van der Waals surface area contributed by atoms with Crippen LogP contribution in [0.4, 0.5) is 0 Å². The molecule has 2 rings (SSSR count). The summed E-state index contributed by atoms with van der Waals surface area (Å²) in [7, 11) is 0. The van der Waals surface area contributed by atoms with E-state index in [-0.39, 0.29) is 0 Å². The molecule has 3 atom stereocenters. The Morgan fingerprint density at radius 2 is 2.11 bits per heavy atom. The van der Waals surface area contributed by atoms with Crippen molar-refractivity contribution in [2.45, 2.75) is 77.7 Å². The number of hydrogen-bond donors (Lipinski definition) is 1. The van der Waals surface area contributed by atoms with Gasteiger partial charge in [0.2, 0.25) is 0 Å². The molecule has 1 nitrogen and oxygen atoms in total. The highest BCUT2D eigenvalue weighted by atomic mass is 14.9. The van der Waals surface area contributed by atoms with Gasteiger partial charge in [0.05, 0.1) is 0 Å². The lowest BCUT2D eigenvalue weighted by molar-refractivity contribution is 0.221. The molecule has 1 heteroatoms. The summed E-state index contributed by atoms with van der Waals surface area (Å²) in [6.45, 7) is 5.75. The molecule has 2 aliphatic rings. The minimum atomic E-state index is 0.699. The summed E-state index contributed by atoms with van der Waals surface area (Å²) in [5, 5.41) is 3.80. The van der Waals surface area contributed by atoms with Gasteiger partial charge in [-0.15, -0.1) is 0 Å². The van der Waals surface area contributed by atoms with Gasteiger partial charge in [-0.2, -0.15) is 0 Å². The summed E-state index contributed by atoms with van der Waals surface area (Å²) in [4.78, 5) is 0. The van der Waals surface area contributed by atoms with E-state index in [0.29, 0.717) is 6.04 Å². The van der Waals surface area contributed by atoms with Crippen LogP contribution in [0.25, 0.3) is 0 Å². The lowest BCUT2D eigenvalue weighted by atomic mass is 9.73. The molecule has 0 aromatic carbocycles. The van der Waals surface area contributed by atoms with Crippen LogP contribution in [0.15, 0.2) is 11.6 Å². The number of allylic oxidation sites excluding steroid dienone is 1. The number of nitrogens with one attached hydrogen (secondary N) is 1. The molecular formula is C17H31N. The van der Waals surface area contributed by atoms with Crippen molar-refractivity contribution < 1.29 is 0 Å². The average molecular weight is 249 g/mol. The van der Waals surface area contributed by atoms with Gasteiger partial charge in [-0.1, -0.05) is 44.8 Å². The second kappa shape index (κ2) is 7.33. The van der Waals surface area contributed by atoms with Crippen molar-refractivity contribution in [3.05, 3.63) is 11.6 Å². The first-order valence-electron chi connectivity index (χ1n) is 8.27. The zero-order valence-electron chi connectivity index (χ0n) is 12.4. The Morgan fingerprint density at radius 1 is 1.22 bits per heavy atom. The second-order valence-corrected chi connectivity index (χ2v) is 6.26. The maximum atomic E-state index is 3.80. The average Bonchev–Trinajstić information content (AvgIpc) is 2.46. The molecular weight excluding hydrogens is 218 g/mol. The van der Waals surface area contributed by atoms with E-state index >= 15 is 0 Å².